The first kappa shape index (κ1) is 14.4. The van der Waals surface area contributed by atoms with Gasteiger partial charge in [-0.25, -0.2) is 0 Å². The second kappa shape index (κ2) is 5.98. The Balaban J connectivity index is 2.27. The van der Waals surface area contributed by atoms with Gasteiger partial charge in [0.2, 0.25) is 0 Å². The van der Waals surface area contributed by atoms with Crippen molar-refractivity contribution in [3.63, 3.8) is 0 Å². The number of ether oxygens (including phenoxy) is 1. The highest BCUT2D eigenvalue weighted by Crippen LogP contribution is 2.25. The van der Waals surface area contributed by atoms with Crippen molar-refractivity contribution in [1.82, 2.24) is 10.1 Å². The molecule has 1 atom stereocenters. The Hall–Kier alpha value is -0.990. The van der Waals surface area contributed by atoms with Crippen LogP contribution in [0.25, 0.3) is 11.5 Å². The van der Waals surface area contributed by atoms with Gasteiger partial charge in [-0.1, -0.05) is 17.3 Å². The molecule has 1 heterocycles. The Kier molecular flexibility index (Phi) is 4.54. The first-order chi connectivity index (χ1) is 9.04. The van der Waals surface area contributed by atoms with Crippen LogP contribution in [0.15, 0.2) is 28.8 Å². The summed E-state index contributed by atoms with van der Waals surface area (Å²) in [7, 11) is 0. The third-order valence-electron chi connectivity index (χ3n) is 2.65. The van der Waals surface area contributed by atoms with E-state index >= 15 is 0 Å². The fraction of sp³-hybridized carbons (Fsp3) is 0.385. The molecule has 1 unspecified atom stereocenters. The molecule has 6 heteroatoms. The number of nitrogens with zero attached hydrogens (tertiary/aromatic N) is 2. The predicted molar refractivity (Wildman–Crippen MR) is 80.5 cm³/mol. The van der Waals surface area contributed by atoms with Crippen LogP contribution in [0.2, 0.25) is 0 Å². The molecule has 102 valence electrons. The van der Waals surface area contributed by atoms with Crippen molar-refractivity contribution in [1.29, 1.82) is 0 Å². The quantitative estimate of drug-likeness (QED) is 0.816. The summed E-state index contributed by atoms with van der Waals surface area (Å²) in [6.07, 6.45) is 0. The standard InChI is InChI=1S/C13H16IN3O2/c1-3-18-8-13(2,15)12-16-11(19-17-12)9-6-4-5-7-10(9)14/h4-7H,3,8,15H2,1-2H3. The van der Waals surface area contributed by atoms with Gasteiger partial charge >= 0.3 is 0 Å². The van der Waals surface area contributed by atoms with Crippen molar-refractivity contribution in [2.24, 2.45) is 5.73 Å². The lowest BCUT2D eigenvalue weighted by Crippen LogP contribution is -2.39. The minimum Gasteiger partial charge on any atom is -0.379 e. The van der Waals surface area contributed by atoms with Crippen molar-refractivity contribution in [3.8, 4) is 11.5 Å². The monoisotopic (exact) mass is 373 g/mol. The van der Waals surface area contributed by atoms with Crippen molar-refractivity contribution < 1.29 is 9.26 Å². The fourth-order valence-corrected chi connectivity index (χ4v) is 2.20. The van der Waals surface area contributed by atoms with Crippen LogP contribution < -0.4 is 5.73 Å². The Morgan fingerprint density at radius 2 is 2.16 bits per heavy atom. The topological polar surface area (TPSA) is 74.2 Å². The zero-order valence-corrected chi connectivity index (χ0v) is 13.0. The van der Waals surface area contributed by atoms with Gasteiger partial charge in [0, 0.05) is 10.2 Å². The van der Waals surface area contributed by atoms with Gasteiger partial charge in [0.25, 0.3) is 5.89 Å². The van der Waals surface area contributed by atoms with E-state index in [2.05, 4.69) is 32.7 Å². The first-order valence-corrected chi connectivity index (χ1v) is 7.08. The van der Waals surface area contributed by atoms with Crippen molar-refractivity contribution in [3.05, 3.63) is 33.7 Å². The van der Waals surface area contributed by atoms with Crippen LogP contribution >= 0.6 is 22.6 Å². The van der Waals surface area contributed by atoms with E-state index in [0.717, 1.165) is 9.13 Å². The van der Waals surface area contributed by atoms with Crippen LogP contribution in [-0.2, 0) is 10.3 Å². The van der Waals surface area contributed by atoms with Crippen molar-refractivity contribution >= 4 is 22.6 Å². The van der Waals surface area contributed by atoms with Crippen LogP contribution in [0.1, 0.15) is 19.7 Å². The summed E-state index contributed by atoms with van der Waals surface area (Å²) >= 11 is 2.23. The molecule has 5 nitrogen and oxygen atoms in total. The zero-order valence-electron chi connectivity index (χ0n) is 10.9. The van der Waals surface area contributed by atoms with Gasteiger partial charge in [-0.05, 0) is 48.6 Å². The maximum Gasteiger partial charge on any atom is 0.259 e. The number of aromatic nitrogens is 2. The summed E-state index contributed by atoms with van der Waals surface area (Å²) < 4.78 is 11.7. The largest absolute Gasteiger partial charge is 0.379 e. The van der Waals surface area contributed by atoms with E-state index in [0.29, 0.717) is 24.9 Å². The van der Waals surface area contributed by atoms with Gasteiger partial charge in [-0.3, -0.25) is 0 Å². The van der Waals surface area contributed by atoms with Crippen molar-refractivity contribution in [2.45, 2.75) is 19.4 Å². The summed E-state index contributed by atoms with van der Waals surface area (Å²) in [5.41, 5.74) is 6.30. The summed E-state index contributed by atoms with van der Waals surface area (Å²) in [4.78, 5) is 4.38. The molecule has 1 aromatic heterocycles. The summed E-state index contributed by atoms with van der Waals surface area (Å²) in [6, 6.07) is 7.82. The van der Waals surface area contributed by atoms with Gasteiger partial charge in [0.1, 0.15) is 5.54 Å². The van der Waals surface area contributed by atoms with Crippen LogP contribution in [0, 0.1) is 3.57 Å². The summed E-state index contributed by atoms with van der Waals surface area (Å²) in [5.74, 6) is 0.934. The highest BCUT2D eigenvalue weighted by atomic mass is 127. The molecule has 2 rings (SSSR count). The minimum absolute atomic E-state index is 0.356. The van der Waals surface area contributed by atoms with Gasteiger partial charge in [0.05, 0.1) is 12.2 Å². The molecule has 2 N–H and O–H groups in total. The predicted octanol–water partition coefficient (Wildman–Crippen LogP) is 2.55. The minimum atomic E-state index is -0.752. The maximum atomic E-state index is 6.14. The summed E-state index contributed by atoms with van der Waals surface area (Å²) in [6.45, 7) is 4.71. The molecule has 0 fully saturated rings. The molecule has 0 aliphatic heterocycles. The number of nitrogens with two attached hydrogens (primary N) is 1. The Labute approximate surface area is 125 Å². The van der Waals surface area contributed by atoms with E-state index in [1.54, 1.807) is 0 Å². The molecular formula is C13H16IN3O2. The second-order valence-electron chi connectivity index (χ2n) is 4.46. The van der Waals surface area contributed by atoms with Crippen LogP contribution in [0.4, 0.5) is 0 Å². The number of rotatable bonds is 5. The highest BCUT2D eigenvalue weighted by molar-refractivity contribution is 14.1. The molecule has 0 spiro atoms. The van der Waals surface area contributed by atoms with Crippen LogP contribution in [0.3, 0.4) is 0 Å². The fourth-order valence-electron chi connectivity index (χ4n) is 1.58. The molecule has 0 saturated heterocycles. The number of hydrogen-bond donors (Lipinski definition) is 1. The molecule has 1 aromatic carbocycles. The van der Waals surface area contributed by atoms with Gasteiger partial charge in [-0.15, -0.1) is 0 Å². The van der Waals surface area contributed by atoms with Crippen molar-refractivity contribution in [2.75, 3.05) is 13.2 Å². The van der Waals surface area contributed by atoms with Crippen LogP contribution in [0.5, 0.6) is 0 Å². The molecule has 0 radical (unpaired) electrons. The van der Waals surface area contributed by atoms with E-state index in [1.165, 1.54) is 0 Å². The zero-order chi connectivity index (χ0) is 13.9. The molecule has 0 saturated carbocycles. The SMILES string of the molecule is CCOCC(C)(N)c1noc(-c2ccccc2I)n1. The number of hydrogen-bond acceptors (Lipinski definition) is 5. The third kappa shape index (κ3) is 3.31. The molecule has 19 heavy (non-hydrogen) atoms. The average molecular weight is 373 g/mol. The van der Waals surface area contributed by atoms with E-state index < -0.39 is 5.54 Å². The normalized spacial score (nSPS) is 14.3. The Morgan fingerprint density at radius 1 is 1.42 bits per heavy atom. The second-order valence-corrected chi connectivity index (χ2v) is 5.62. The highest BCUT2D eigenvalue weighted by Gasteiger charge is 2.28. The lowest BCUT2D eigenvalue weighted by atomic mass is 10.1. The molecule has 0 amide bonds. The molecule has 0 aliphatic carbocycles. The Morgan fingerprint density at radius 3 is 2.84 bits per heavy atom. The van der Waals surface area contributed by atoms with Gasteiger partial charge < -0.3 is 15.0 Å². The third-order valence-corrected chi connectivity index (χ3v) is 3.59. The first-order valence-electron chi connectivity index (χ1n) is 6.00. The molecule has 0 aliphatic rings. The van der Waals surface area contributed by atoms with Gasteiger partial charge in [-0.2, -0.15) is 4.98 Å². The van der Waals surface area contributed by atoms with E-state index in [9.17, 15) is 0 Å². The number of halogens is 1. The van der Waals surface area contributed by atoms with E-state index in [4.69, 9.17) is 15.0 Å². The lowest BCUT2D eigenvalue weighted by molar-refractivity contribution is 0.0962. The lowest BCUT2D eigenvalue weighted by Gasteiger charge is -2.19. The molecule has 2 aromatic rings. The molecular weight excluding hydrogens is 357 g/mol. The smallest absolute Gasteiger partial charge is 0.259 e. The Bertz CT molecular complexity index is 554. The van der Waals surface area contributed by atoms with E-state index in [1.807, 2.05) is 38.1 Å². The average Bonchev–Trinajstić information content (AvgIpc) is 2.87. The maximum absolute atomic E-state index is 6.14. The summed E-state index contributed by atoms with van der Waals surface area (Å²) in [5, 5.41) is 3.96. The molecule has 0 bridgehead atoms. The van der Waals surface area contributed by atoms with Crippen LogP contribution in [-0.4, -0.2) is 23.4 Å². The van der Waals surface area contributed by atoms with E-state index in [-0.39, 0.29) is 0 Å². The van der Waals surface area contributed by atoms with Gasteiger partial charge in [0.15, 0.2) is 5.82 Å². The number of benzene rings is 1.